The average Bonchev–Trinajstić information content (AvgIpc) is 3.08. The molecule has 0 aliphatic rings. The molecule has 5 rings (SSSR count). The second kappa shape index (κ2) is 5.74. The molecule has 0 bridgehead atoms. The average molecular weight is 337 g/mol. The fourth-order valence-corrected chi connectivity index (χ4v) is 3.22. The van der Waals surface area contributed by atoms with Crippen LogP contribution >= 0.6 is 0 Å². The minimum atomic E-state index is 0.659. The van der Waals surface area contributed by atoms with E-state index in [9.17, 15) is 0 Å². The van der Waals surface area contributed by atoms with Gasteiger partial charge in [-0.15, -0.1) is 5.10 Å². The Hall–Kier alpha value is -3.60. The van der Waals surface area contributed by atoms with Crippen LogP contribution in [0, 0.1) is 6.92 Å². The molecule has 0 radical (unpaired) electrons. The first-order valence-electron chi connectivity index (χ1n) is 8.44. The SMILES string of the molecule is Cc1nc(-c2ccccc2)nc2nn3c(-c4ccccc4)ccnc3c12. The minimum absolute atomic E-state index is 0.659. The molecule has 0 amide bonds. The number of hydrogen-bond donors (Lipinski definition) is 0. The van der Waals surface area contributed by atoms with Crippen LogP contribution in [0.3, 0.4) is 0 Å². The fourth-order valence-electron chi connectivity index (χ4n) is 3.22. The first-order valence-corrected chi connectivity index (χ1v) is 8.44. The molecule has 5 aromatic rings. The van der Waals surface area contributed by atoms with Gasteiger partial charge in [0, 0.05) is 17.3 Å². The van der Waals surface area contributed by atoms with Gasteiger partial charge in [-0.1, -0.05) is 60.7 Å². The zero-order valence-corrected chi connectivity index (χ0v) is 14.2. The van der Waals surface area contributed by atoms with Crippen molar-refractivity contribution in [3.8, 4) is 22.6 Å². The van der Waals surface area contributed by atoms with Crippen LogP contribution in [0.1, 0.15) is 5.69 Å². The van der Waals surface area contributed by atoms with Crippen molar-refractivity contribution in [1.29, 1.82) is 0 Å². The lowest BCUT2D eigenvalue weighted by molar-refractivity contribution is 0.955. The van der Waals surface area contributed by atoms with E-state index in [1.165, 1.54) is 0 Å². The predicted molar refractivity (Wildman–Crippen MR) is 102 cm³/mol. The molecule has 0 spiro atoms. The van der Waals surface area contributed by atoms with Crippen LogP contribution in [-0.2, 0) is 0 Å². The second-order valence-corrected chi connectivity index (χ2v) is 6.13. The van der Waals surface area contributed by atoms with Crippen LogP contribution in [0.2, 0.25) is 0 Å². The summed E-state index contributed by atoms with van der Waals surface area (Å²) in [5, 5.41) is 5.63. The summed E-state index contributed by atoms with van der Waals surface area (Å²) < 4.78 is 1.86. The monoisotopic (exact) mass is 337 g/mol. The summed E-state index contributed by atoms with van der Waals surface area (Å²) in [6.45, 7) is 1.98. The largest absolute Gasteiger partial charge is 0.236 e. The molecule has 124 valence electrons. The van der Waals surface area contributed by atoms with Crippen molar-refractivity contribution in [1.82, 2.24) is 24.6 Å². The molecule has 5 heteroatoms. The van der Waals surface area contributed by atoms with Crippen LogP contribution in [-0.4, -0.2) is 24.6 Å². The van der Waals surface area contributed by atoms with Gasteiger partial charge in [0.2, 0.25) is 0 Å². The van der Waals surface area contributed by atoms with Crippen LogP contribution in [0.25, 0.3) is 39.3 Å². The van der Waals surface area contributed by atoms with E-state index in [1.54, 1.807) is 0 Å². The third-order valence-corrected chi connectivity index (χ3v) is 4.45. The molecule has 0 atom stereocenters. The number of aromatic nitrogens is 5. The highest BCUT2D eigenvalue weighted by Gasteiger charge is 2.16. The van der Waals surface area contributed by atoms with Crippen molar-refractivity contribution in [2.75, 3.05) is 0 Å². The lowest BCUT2D eigenvalue weighted by Gasteiger charge is -2.04. The summed E-state index contributed by atoms with van der Waals surface area (Å²) in [5.74, 6) is 0.681. The van der Waals surface area contributed by atoms with Gasteiger partial charge >= 0.3 is 0 Å². The fraction of sp³-hybridized carbons (Fsp3) is 0.0476. The molecule has 0 N–H and O–H groups in total. The van der Waals surface area contributed by atoms with Gasteiger partial charge in [-0.3, -0.25) is 0 Å². The zero-order chi connectivity index (χ0) is 17.5. The first kappa shape index (κ1) is 14.7. The molecular formula is C21H15N5. The Morgan fingerprint density at radius 2 is 1.46 bits per heavy atom. The summed E-state index contributed by atoms with van der Waals surface area (Å²) in [4.78, 5) is 13.9. The quantitative estimate of drug-likeness (QED) is 0.481. The maximum Gasteiger partial charge on any atom is 0.187 e. The van der Waals surface area contributed by atoms with Crippen LogP contribution in [0.15, 0.2) is 72.9 Å². The van der Waals surface area contributed by atoms with E-state index >= 15 is 0 Å². The van der Waals surface area contributed by atoms with Gasteiger partial charge in [0.15, 0.2) is 17.1 Å². The molecule has 0 saturated heterocycles. The van der Waals surface area contributed by atoms with E-state index in [-0.39, 0.29) is 0 Å². The Kier molecular flexibility index (Phi) is 3.25. The normalized spacial score (nSPS) is 11.3. The van der Waals surface area contributed by atoms with Crippen LogP contribution in [0.5, 0.6) is 0 Å². The third-order valence-electron chi connectivity index (χ3n) is 4.45. The highest BCUT2D eigenvalue weighted by Crippen LogP contribution is 2.27. The van der Waals surface area contributed by atoms with Crippen molar-refractivity contribution in [3.05, 3.63) is 78.6 Å². The highest BCUT2D eigenvalue weighted by molar-refractivity contribution is 5.93. The maximum atomic E-state index is 4.74. The second-order valence-electron chi connectivity index (χ2n) is 6.13. The van der Waals surface area contributed by atoms with E-state index in [2.05, 4.69) is 17.1 Å². The van der Waals surface area contributed by atoms with Crippen molar-refractivity contribution < 1.29 is 0 Å². The third kappa shape index (κ3) is 2.25. The zero-order valence-electron chi connectivity index (χ0n) is 14.2. The maximum absolute atomic E-state index is 4.74. The van der Waals surface area contributed by atoms with Gasteiger partial charge in [0.1, 0.15) is 0 Å². The Balaban J connectivity index is 1.81. The topological polar surface area (TPSA) is 56.0 Å². The molecule has 3 aromatic heterocycles. The number of fused-ring (bicyclic) bond motifs is 3. The van der Waals surface area contributed by atoms with Crippen LogP contribution < -0.4 is 0 Å². The molecule has 0 aliphatic heterocycles. The molecule has 2 aromatic carbocycles. The van der Waals surface area contributed by atoms with E-state index in [0.29, 0.717) is 11.5 Å². The van der Waals surface area contributed by atoms with E-state index in [4.69, 9.17) is 15.1 Å². The van der Waals surface area contributed by atoms with Crippen molar-refractivity contribution in [2.45, 2.75) is 6.92 Å². The van der Waals surface area contributed by atoms with Crippen LogP contribution in [0.4, 0.5) is 0 Å². The van der Waals surface area contributed by atoms with E-state index in [0.717, 1.165) is 33.5 Å². The van der Waals surface area contributed by atoms with E-state index in [1.807, 2.05) is 72.2 Å². The van der Waals surface area contributed by atoms with Gasteiger partial charge in [0.05, 0.1) is 16.8 Å². The molecule has 0 aliphatic carbocycles. The summed E-state index contributed by atoms with van der Waals surface area (Å²) in [6.07, 6.45) is 1.81. The Bertz CT molecular complexity index is 1230. The summed E-state index contributed by atoms with van der Waals surface area (Å²) >= 11 is 0. The predicted octanol–water partition coefficient (Wildman–Crippen LogP) is 4.31. The highest BCUT2D eigenvalue weighted by atomic mass is 15.3. The summed E-state index contributed by atoms with van der Waals surface area (Å²) in [5.41, 5.74) is 5.36. The molecule has 0 fully saturated rings. The molecule has 0 unspecified atom stereocenters. The molecule has 0 saturated carbocycles. The van der Waals surface area contributed by atoms with Crippen molar-refractivity contribution in [2.24, 2.45) is 0 Å². The molecular weight excluding hydrogens is 322 g/mol. The van der Waals surface area contributed by atoms with Gasteiger partial charge in [-0.05, 0) is 13.0 Å². The lowest BCUT2D eigenvalue weighted by atomic mass is 10.1. The number of nitrogens with zero attached hydrogens (tertiary/aromatic N) is 5. The van der Waals surface area contributed by atoms with E-state index < -0.39 is 0 Å². The lowest BCUT2D eigenvalue weighted by Crippen LogP contribution is -1.95. The number of rotatable bonds is 2. The van der Waals surface area contributed by atoms with Gasteiger partial charge in [0.25, 0.3) is 0 Å². The smallest absolute Gasteiger partial charge is 0.187 e. The van der Waals surface area contributed by atoms with Crippen molar-refractivity contribution >= 4 is 16.7 Å². The van der Waals surface area contributed by atoms with Gasteiger partial charge in [-0.2, -0.15) is 0 Å². The number of benzene rings is 2. The minimum Gasteiger partial charge on any atom is -0.236 e. The Morgan fingerprint density at radius 3 is 2.19 bits per heavy atom. The van der Waals surface area contributed by atoms with Gasteiger partial charge < -0.3 is 0 Å². The molecule has 5 nitrogen and oxygen atoms in total. The van der Waals surface area contributed by atoms with Crippen molar-refractivity contribution in [3.63, 3.8) is 0 Å². The van der Waals surface area contributed by atoms with Gasteiger partial charge in [-0.25, -0.2) is 19.5 Å². The number of hydrogen-bond acceptors (Lipinski definition) is 4. The standard InChI is InChI=1S/C21H15N5/c1-14-18-20(24-19(23-14)16-10-6-3-7-11-16)25-26-17(12-13-22-21(18)26)15-8-4-2-5-9-15/h2-13H,1H3. The Labute approximate surface area is 150 Å². The summed E-state index contributed by atoms with van der Waals surface area (Å²) in [7, 11) is 0. The molecule has 3 heterocycles. The number of aryl methyl sites for hydroxylation is 1. The molecule has 26 heavy (non-hydrogen) atoms. The summed E-state index contributed by atoms with van der Waals surface area (Å²) in [6, 6.07) is 22.1. The first-order chi connectivity index (χ1) is 12.8. The Morgan fingerprint density at radius 1 is 0.769 bits per heavy atom.